The molecule has 0 atom stereocenters. The number of hydrogen-bond acceptors (Lipinski definition) is 4. The molecule has 1 heterocycles. The van der Waals surface area contributed by atoms with Crippen molar-refractivity contribution in [3.05, 3.63) is 45.2 Å². The van der Waals surface area contributed by atoms with E-state index in [1.54, 1.807) is 0 Å². The van der Waals surface area contributed by atoms with E-state index in [0.717, 1.165) is 6.42 Å². The zero-order valence-electron chi connectivity index (χ0n) is 10.2. The minimum atomic E-state index is -0.152. The zero-order chi connectivity index (χ0) is 13.7. The third kappa shape index (κ3) is 3.90. The molecule has 0 saturated heterocycles. The van der Waals surface area contributed by atoms with Crippen molar-refractivity contribution in [2.24, 2.45) is 0 Å². The lowest BCUT2D eigenvalue weighted by Gasteiger charge is -2.06. The Hall–Kier alpha value is -1.66. The highest BCUT2D eigenvalue weighted by Crippen LogP contribution is 2.16. The van der Waals surface area contributed by atoms with E-state index in [4.69, 9.17) is 12.2 Å². The maximum atomic E-state index is 11.7. The molecule has 0 aliphatic heterocycles. The smallest absolute Gasteiger partial charge is 0.240 e. The van der Waals surface area contributed by atoms with E-state index >= 15 is 0 Å². The van der Waals surface area contributed by atoms with E-state index in [0.29, 0.717) is 10.5 Å². The molecule has 19 heavy (non-hydrogen) atoms. The third-order valence-electron chi connectivity index (χ3n) is 2.64. The molecule has 2 rings (SSSR count). The molecule has 2 N–H and O–H groups in total. The summed E-state index contributed by atoms with van der Waals surface area (Å²) in [6.07, 6.45) is 0.785. The molecular formula is C13H14N2O2S2. The molecule has 4 nitrogen and oxygen atoms in total. The van der Waals surface area contributed by atoms with E-state index in [1.165, 1.54) is 26.8 Å². The SMILES string of the molecule is O=C(Cn1c(O)csc1=S)NCCc1ccccc1. The van der Waals surface area contributed by atoms with Crippen LogP contribution in [0.4, 0.5) is 0 Å². The number of hydrogen-bond donors (Lipinski definition) is 2. The van der Waals surface area contributed by atoms with Crippen LogP contribution in [0.15, 0.2) is 35.7 Å². The average molecular weight is 294 g/mol. The number of thiazole rings is 1. The number of carbonyl (C=O) groups excluding carboxylic acids is 1. The van der Waals surface area contributed by atoms with Crippen molar-refractivity contribution in [1.29, 1.82) is 0 Å². The van der Waals surface area contributed by atoms with Gasteiger partial charge in [0.05, 0.1) is 5.38 Å². The molecule has 0 bridgehead atoms. The van der Waals surface area contributed by atoms with Crippen molar-refractivity contribution in [3.63, 3.8) is 0 Å². The van der Waals surface area contributed by atoms with Crippen LogP contribution in [-0.2, 0) is 17.8 Å². The van der Waals surface area contributed by atoms with Gasteiger partial charge in [0.2, 0.25) is 11.8 Å². The third-order valence-corrected chi connectivity index (χ3v) is 3.90. The van der Waals surface area contributed by atoms with Gasteiger partial charge in [-0.05, 0) is 24.2 Å². The molecule has 1 aromatic carbocycles. The first-order valence-corrected chi connectivity index (χ1v) is 7.13. The Morgan fingerprint density at radius 2 is 2.11 bits per heavy atom. The molecule has 100 valence electrons. The number of nitrogens with zero attached hydrogens (tertiary/aromatic N) is 1. The number of aromatic hydroxyl groups is 1. The predicted octanol–water partition coefficient (Wildman–Crippen LogP) is 2.34. The first kappa shape index (κ1) is 13.8. The number of rotatable bonds is 5. The summed E-state index contributed by atoms with van der Waals surface area (Å²) in [5, 5.41) is 13.8. The first-order valence-electron chi connectivity index (χ1n) is 5.85. The lowest BCUT2D eigenvalue weighted by Crippen LogP contribution is -2.29. The van der Waals surface area contributed by atoms with Crippen LogP contribution in [0.3, 0.4) is 0 Å². The van der Waals surface area contributed by atoms with Gasteiger partial charge in [-0.15, -0.1) is 11.3 Å². The van der Waals surface area contributed by atoms with E-state index in [9.17, 15) is 9.90 Å². The number of aromatic nitrogens is 1. The fourth-order valence-electron chi connectivity index (χ4n) is 1.66. The standard InChI is InChI=1S/C13H14N2O2S2/c16-11(8-15-12(17)9-19-13(15)18)14-7-6-10-4-2-1-3-5-10/h1-5,9,17H,6-8H2,(H,14,16). The maximum absolute atomic E-state index is 11.7. The van der Waals surface area contributed by atoms with Crippen molar-refractivity contribution in [2.75, 3.05) is 6.54 Å². The Bertz CT molecular complexity index is 605. The van der Waals surface area contributed by atoms with E-state index in [-0.39, 0.29) is 18.3 Å². The van der Waals surface area contributed by atoms with Crippen molar-refractivity contribution >= 4 is 29.5 Å². The molecule has 2 aromatic rings. The van der Waals surface area contributed by atoms with Gasteiger partial charge in [-0.2, -0.15) is 0 Å². The summed E-state index contributed by atoms with van der Waals surface area (Å²) in [4.78, 5) is 11.7. The molecule has 0 unspecified atom stereocenters. The van der Waals surface area contributed by atoms with Gasteiger partial charge in [0, 0.05) is 6.54 Å². The predicted molar refractivity (Wildman–Crippen MR) is 78.0 cm³/mol. The molecule has 1 aromatic heterocycles. The van der Waals surface area contributed by atoms with E-state index in [2.05, 4.69) is 5.32 Å². The molecule has 0 saturated carbocycles. The van der Waals surface area contributed by atoms with Crippen molar-refractivity contribution < 1.29 is 9.90 Å². The van der Waals surface area contributed by atoms with Gasteiger partial charge < -0.3 is 10.4 Å². The van der Waals surface area contributed by atoms with Crippen LogP contribution in [0.5, 0.6) is 5.88 Å². The molecule has 0 spiro atoms. The molecule has 0 fully saturated rings. The maximum Gasteiger partial charge on any atom is 0.240 e. The Labute approximate surface area is 120 Å². The summed E-state index contributed by atoms with van der Waals surface area (Å²) < 4.78 is 1.91. The lowest BCUT2D eigenvalue weighted by atomic mass is 10.1. The van der Waals surface area contributed by atoms with Crippen molar-refractivity contribution in [3.8, 4) is 5.88 Å². The van der Waals surface area contributed by atoms with Gasteiger partial charge in [-0.3, -0.25) is 9.36 Å². The summed E-state index contributed by atoms with van der Waals surface area (Å²) in [5.74, 6) is -0.117. The average Bonchev–Trinajstić information content (AvgIpc) is 2.72. The number of carbonyl (C=O) groups is 1. The highest BCUT2D eigenvalue weighted by molar-refractivity contribution is 7.73. The summed E-state index contributed by atoms with van der Waals surface area (Å²) >= 11 is 6.26. The second-order valence-corrected chi connectivity index (χ2v) is 5.53. The summed E-state index contributed by atoms with van der Waals surface area (Å²) in [7, 11) is 0. The highest BCUT2D eigenvalue weighted by Gasteiger charge is 2.07. The molecular weight excluding hydrogens is 280 g/mol. The summed E-state index contributed by atoms with van der Waals surface area (Å²) in [6.45, 7) is 0.629. The monoisotopic (exact) mass is 294 g/mol. The Kier molecular flexibility index (Phi) is 4.70. The van der Waals surface area contributed by atoms with Crippen LogP contribution in [0, 0.1) is 3.95 Å². The first-order chi connectivity index (χ1) is 9.16. The highest BCUT2D eigenvalue weighted by atomic mass is 32.1. The topological polar surface area (TPSA) is 54.3 Å². The van der Waals surface area contributed by atoms with Crippen LogP contribution < -0.4 is 5.32 Å². The Morgan fingerprint density at radius 3 is 2.74 bits per heavy atom. The van der Waals surface area contributed by atoms with Gasteiger partial charge in [0.1, 0.15) is 6.54 Å². The summed E-state index contributed by atoms with van der Waals surface area (Å²) in [6, 6.07) is 9.95. The fraction of sp³-hybridized carbons (Fsp3) is 0.231. The number of nitrogens with one attached hydrogen (secondary N) is 1. The molecule has 6 heteroatoms. The van der Waals surface area contributed by atoms with Crippen LogP contribution in [0.1, 0.15) is 5.56 Å². The molecule has 0 aliphatic carbocycles. The molecule has 0 aliphatic rings. The van der Waals surface area contributed by atoms with Crippen LogP contribution >= 0.6 is 23.6 Å². The minimum Gasteiger partial charge on any atom is -0.494 e. The Morgan fingerprint density at radius 1 is 1.37 bits per heavy atom. The zero-order valence-corrected chi connectivity index (χ0v) is 11.8. The van der Waals surface area contributed by atoms with Gasteiger partial charge >= 0.3 is 0 Å². The van der Waals surface area contributed by atoms with Crippen LogP contribution in [0.2, 0.25) is 0 Å². The van der Waals surface area contributed by atoms with E-state index in [1.807, 2.05) is 30.3 Å². The van der Waals surface area contributed by atoms with Gasteiger partial charge in [-0.25, -0.2) is 0 Å². The number of amides is 1. The second kappa shape index (κ2) is 6.49. The van der Waals surface area contributed by atoms with Crippen LogP contribution in [-0.4, -0.2) is 22.1 Å². The molecule has 1 amide bonds. The quantitative estimate of drug-likeness (QED) is 0.832. The number of benzene rings is 1. The Balaban J connectivity index is 1.81. The summed E-state index contributed by atoms with van der Waals surface area (Å²) in [5.41, 5.74) is 1.18. The van der Waals surface area contributed by atoms with Gasteiger partial charge in [0.25, 0.3) is 0 Å². The fourth-order valence-corrected chi connectivity index (χ4v) is 2.58. The van der Waals surface area contributed by atoms with Crippen LogP contribution in [0.25, 0.3) is 0 Å². The minimum absolute atomic E-state index is 0.0354. The van der Waals surface area contributed by atoms with Gasteiger partial charge in [0.15, 0.2) is 3.95 Å². The second-order valence-electron chi connectivity index (χ2n) is 4.03. The molecule has 0 radical (unpaired) electrons. The van der Waals surface area contributed by atoms with Crippen molar-refractivity contribution in [1.82, 2.24) is 9.88 Å². The largest absolute Gasteiger partial charge is 0.494 e. The van der Waals surface area contributed by atoms with Crippen molar-refractivity contribution in [2.45, 2.75) is 13.0 Å². The lowest BCUT2D eigenvalue weighted by molar-refractivity contribution is -0.121. The van der Waals surface area contributed by atoms with Gasteiger partial charge in [-0.1, -0.05) is 30.3 Å². The normalized spacial score (nSPS) is 10.3. The van der Waals surface area contributed by atoms with E-state index < -0.39 is 0 Å².